The lowest BCUT2D eigenvalue weighted by Gasteiger charge is -2.32. The predicted octanol–water partition coefficient (Wildman–Crippen LogP) is 5.75. The van der Waals surface area contributed by atoms with Gasteiger partial charge in [-0.2, -0.15) is 0 Å². The highest BCUT2D eigenvalue weighted by molar-refractivity contribution is 6.30. The Hall–Kier alpha value is -2.78. The van der Waals surface area contributed by atoms with Gasteiger partial charge >= 0.3 is 0 Å². The van der Waals surface area contributed by atoms with Crippen LogP contribution < -0.4 is 4.90 Å². The molecule has 0 atom stereocenters. The van der Waals surface area contributed by atoms with Crippen molar-refractivity contribution in [2.45, 2.75) is 19.9 Å². The fourth-order valence-electron chi connectivity index (χ4n) is 4.03. The van der Waals surface area contributed by atoms with E-state index in [4.69, 9.17) is 11.6 Å². The SMILES string of the molecule is Cc1c(N2CCc3cc(-c4ccc(Cl)cc4)ccc3C2)cnc2[nH]ccc12. The molecule has 1 aliphatic rings. The standard InChI is InChI=1S/C23H20ClN3/c1-15-21-8-10-25-23(21)26-13-22(15)27-11-9-18-12-17(2-3-19(18)14-27)16-4-6-20(24)7-5-16/h2-8,10,12-13H,9,11,14H2,1H3,(H,25,26). The molecule has 0 fully saturated rings. The van der Waals surface area contributed by atoms with E-state index in [1.807, 2.05) is 24.5 Å². The Kier molecular flexibility index (Phi) is 3.91. The number of hydrogen-bond donors (Lipinski definition) is 1. The summed E-state index contributed by atoms with van der Waals surface area (Å²) in [6.45, 7) is 4.12. The first-order chi connectivity index (χ1) is 13.2. The van der Waals surface area contributed by atoms with Gasteiger partial charge in [-0.15, -0.1) is 0 Å². The topological polar surface area (TPSA) is 31.9 Å². The Labute approximate surface area is 163 Å². The number of halogens is 1. The van der Waals surface area contributed by atoms with Gasteiger partial charge in [0.25, 0.3) is 0 Å². The third-order valence-corrected chi connectivity index (χ3v) is 5.82. The lowest BCUT2D eigenvalue weighted by Crippen LogP contribution is -2.31. The van der Waals surface area contributed by atoms with Crippen LogP contribution in [0.2, 0.25) is 5.02 Å². The molecule has 4 heteroatoms. The van der Waals surface area contributed by atoms with Crippen LogP contribution >= 0.6 is 11.6 Å². The Morgan fingerprint density at radius 3 is 2.67 bits per heavy atom. The minimum absolute atomic E-state index is 0.774. The van der Waals surface area contributed by atoms with Crippen molar-refractivity contribution in [3.8, 4) is 11.1 Å². The van der Waals surface area contributed by atoms with Crippen molar-refractivity contribution < 1.29 is 0 Å². The van der Waals surface area contributed by atoms with Crippen LogP contribution in [0.15, 0.2) is 60.9 Å². The van der Waals surface area contributed by atoms with E-state index in [-0.39, 0.29) is 0 Å². The summed E-state index contributed by atoms with van der Waals surface area (Å²) in [5, 5.41) is 1.98. The van der Waals surface area contributed by atoms with E-state index < -0.39 is 0 Å². The van der Waals surface area contributed by atoms with Crippen molar-refractivity contribution >= 4 is 28.3 Å². The summed E-state index contributed by atoms with van der Waals surface area (Å²) in [6.07, 6.45) is 5.00. The van der Waals surface area contributed by atoms with Gasteiger partial charge in [0.15, 0.2) is 0 Å². The van der Waals surface area contributed by atoms with Gasteiger partial charge in [-0.3, -0.25) is 0 Å². The number of hydrogen-bond acceptors (Lipinski definition) is 2. The molecular weight excluding hydrogens is 354 g/mol. The number of H-pyrrole nitrogens is 1. The molecule has 4 aromatic rings. The first-order valence-corrected chi connectivity index (χ1v) is 9.62. The highest BCUT2D eigenvalue weighted by Gasteiger charge is 2.20. The van der Waals surface area contributed by atoms with Gasteiger partial charge in [0.2, 0.25) is 0 Å². The summed E-state index contributed by atoms with van der Waals surface area (Å²) in [5.74, 6) is 0. The van der Waals surface area contributed by atoms with E-state index in [1.54, 1.807) is 0 Å². The maximum absolute atomic E-state index is 6.02. The average Bonchev–Trinajstić information content (AvgIpc) is 3.18. The van der Waals surface area contributed by atoms with Crippen molar-refractivity contribution in [3.05, 3.63) is 82.6 Å². The molecule has 0 saturated carbocycles. The van der Waals surface area contributed by atoms with Crippen LogP contribution in [0.1, 0.15) is 16.7 Å². The Morgan fingerprint density at radius 2 is 1.81 bits per heavy atom. The van der Waals surface area contributed by atoms with Crippen LogP contribution in [-0.4, -0.2) is 16.5 Å². The summed E-state index contributed by atoms with van der Waals surface area (Å²) in [5.41, 5.74) is 8.78. The third-order valence-electron chi connectivity index (χ3n) is 5.57. The summed E-state index contributed by atoms with van der Waals surface area (Å²) < 4.78 is 0. The minimum Gasteiger partial charge on any atom is -0.365 e. The van der Waals surface area contributed by atoms with Gasteiger partial charge in [0, 0.05) is 29.7 Å². The van der Waals surface area contributed by atoms with Gasteiger partial charge in [0.1, 0.15) is 5.65 Å². The van der Waals surface area contributed by atoms with E-state index in [2.05, 4.69) is 58.2 Å². The second-order valence-corrected chi connectivity index (χ2v) is 7.61. The van der Waals surface area contributed by atoms with Crippen LogP contribution in [0, 0.1) is 6.92 Å². The van der Waals surface area contributed by atoms with Crippen molar-refractivity contribution in [3.63, 3.8) is 0 Å². The Bertz CT molecular complexity index is 1130. The van der Waals surface area contributed by atoms with Crippen LogP contribution in [0.25, 0.3) is 22.2 Å². The molecule has 1 N–H and O–H groups in total. The number of aromatic nitrogens is 2. The molecule has 3 nitrogen and oxygen atoms in total. The highest BCUT2D eigenvalue weighted by atomic mass is 35.5. The van der Waals surface area contributed by atoms with Gasteiger partial charge < -0.3 is 9.88 Å². The first-order valence-electron chi connectivity index (χ1n) is 9.24. The number of nitrogens with zero attached hydrogens (tertiary/aromatic N) is 2. The lowest BCUT2D eigenvalue weighted by molar-refractivity contribution is 0.729. The molecule has 0 saturated heterocycles. The molecule has 5 rings (SSSR count). The van der Waals surface area contributed by atoms with E-state index >= 15 is 0 Å². The normalized spacial score (nSPS) is 13.8. The molecule has 27 heavy (non-hydrogen) atoms. The van der Waals surface area contributed by atoms with Crippen LogP contribution in [0.4, 0.5) is 5.69 Å². The molecule has 2 aromatic carbocycles. The average molecular weight is 374 g/mol. The zero-order valence-corrected chi connectivity index (χ0v) is 15.9. The fraction of sp³-hybridized carbons (Fsp3) is 0.174. The molecule has 1 aliphatic heterocycles. The Balaban J connectivity index is 1.46. The fourth-order valence-corrected chi connectivity index (χ4v) is 4.16. The minimum atomic E-state index is 0.774. The van der Waals surface area contributed by atoms with Crippen molar-refractivity contribution in [2.24, 2.45) is 0 Å². The number of aromatic amines is 1. The van der Waals surface area contributed by atoms with Crippen LogP contribution in [-0.2, 0) is 13.0 Å². The molecule has 0 radical (unpaired) electrons. The molecule has 134 valence electrons. The summed E-state index contributed by atoms with van der Waals surface area (Å²) in [4.78, 5) is 10.2. The molecule has 0 unspecified atom stereocenters. The van der Waals surface area contributed by atoms with E-state index in [9.17, 15) is 0 Å². The molecule has 0 aliphatic carbocycles. The number of anilines is 1. The van der Waals surface area contributed by atoms with E-state index in [0.717, 1.165) is 30.2 Å². The molecule has 2 aromatic heterocycles. The number of pyridine rings is 1. The highest BCUT2D eigenvalue weighted by Crippen LogP contribution is 2.32. The number of aryl methyl sites for hydroxylation is 1. The van der Waals surface area contributed by atoms with Gasteiger partial charge in [-0.25, -0.2) is 4.98 Å². The molecule has 0 spiro atoms. The zero-order valence-electron chi connectivity index (χ0n) is 15.2. The molecule has 3 heterocycles. The molecule has 0 amide bonds. The smallest absolute Gasteiger partial charge is 0.137 e. The van der Waals surface area contributed by atoms with Gasteiger partial charge in [-0.1, -0.05) is 41.9 Å². The maximum Gasteiger partial charge on any atom is 0.137 e. The summed E-state index contributed by atoms with van der Waals surface area (Å²) in [6, 6.07) is 17.0. The monoisotopic (exact) mass is 373 g/mol. The largest absolute Gasteiger partial charge is 0.365 e. The summed E-state index contributed by atoms with van der Waals surface area (Å²) >= 11 is 6.02. The third kappa shape index (κ3) is 2.88. The van der Waals surface area contributed by atoms with Crippen LogP contribution in [0.3, 0.4) is 0 Å². The molecular formula is C23H20ClN3. The summed E-state index contributed by atoms with van der Waals surface area (Å²) in [7, 11) is 0. The van der Waals surface area contributed by atoms with Crippen molar-refractivity contribution in [1.82, 2.24) is 9.97 Å². The number of fused-ring (bicyclic) bond motifs is 2. The van der Waals surface area contributed by atoms with Gasteiger partial charge in [0.05, 0.1) is 11.9 Å². The van der Waals surface area contributed by atoms with Crippen molar-refractivity contribution in [1.29, 1.82) is 0 Å². The first kappa shape index (κ1) is 16.4. The zero-order chi connectivity index (χ0) is 18.4. The number of nitrogens with one attached hydrogen (secondary N) is 1. The number of rotatable bonds is 2. The second kappa shape index (κ2) is 6.43. The quantitative estimate of drug-likeness (QED) is 0.484. The predicted molar refractivity (Wildman–Crippen MR) is 112 cm³/mol. The van der Waals surface area contributed by atoms with Crippen molar-refractivity contribution in [2.75, 3.05) is 11.4 Å². The Morgan fingerprint density at radius 1 is 1.00 bits per heavy atom. The van der Waals surface area contributed by atoms with Crippen LogP contribution in [0.5, 0.6) is 0 Å². The molecule has 0 bridgehead atoms. The van der Waals surface area contributed by atoms with E-state index in [0.29, 0.717) is 0 Å². The van der Waals surface area contributed by atoms with Gasteiger partial charge in [-0.05, 0) is 59.4 Å². The number of benzene rings is 2. The maximum atomic E-state index is 6.02. The van der Waals surface area contributed by atoms with E-state index in [1.165, 1.54) is 38.9 Å². The second-order valence-electron chi connectivity index (χ2n) is 7.17. The lowest BCUT2D eigenvalue weighted by atomic mass is 9.94.